The molecule has 1 atom stereocenters. The van der Waals surface area contributed by atoms with E-state index in [9.17, 15) is 4.79 Å². The second-order valence-corrected chi connectivity index (χ2v) is 6.17. The van der Waals surface area contributed by atoms with Crippen LogP contribution in [0.5, 0.6) is 0 Å². The number of methoxy groups -OCH3 is 1. The number of thioether (sulfide) groups is 1. The summed E-state index contributed by atoms with van der Waals surface area (Å²) >= 11 is 1.38. The summed E-state index contributed by atoms with van der Waals surface area (Å²) < 4.78 is 6.93. The Bertz CT molecular complexity index is 630. The van der Waals surface area contributed by atoms with Gasteiger partial charge in [-0.15, -0.1) is 10.2 Å². The lowest BCUT2D eigenvalue weighted by atomic mass is 10.2. The van der Waals surface area contributed by atoms with Gasteiger partial charge in [0, 0.05) is 19.3 Å². The monoisotopic (exact) mass is 320 g/mol. The number of aryl methyl sites for hydroxylation is 1. The predicted octanol–water partition coefficient (Wildman–Crippen LogP) is 2.35. The average Bonchev–Trinajstić information content (AvgIpc) is 2.94. The van der Waals surface area contributed by atoms with Gasteiger partial charge < -0.3 is 14.6 Å². The molecule has 1 unspecified atom stereocenters. The molecular formula is C15H20N4O2S. The lowest BCUT2D eigenvalue weighted by Crippen LogP contribution is -2.23. The predicted molar refractivity (Wildman–Crippen MR) is 87.0 cm³/mol. The third-order valence-electron chi connectivity index (χ3n) is 3.17. The maximum atomic E-state index is 12.3. The number of para-hydroxylation sites is 1. The van der Waals surface area contributed by atoms with Crippen LogP contribution in [-0.4, -0.2) is 39.6 Å². The molecule has 0 saturated heterocycles. The molecule has 1 aromatic heterocycles. The summed E-state index contributed by atoms with van der Waals surface area (Å²) in [5, 5.41) is 11.3. The normalized spacial score (nSPS) is 12.1. The van der Waals surface area contributed by atoms with E-state index in [1.165, 1.54) is 11.8 Å². The molecule has 0 radical (unpaired) electrons. The third-order valence-corrected chi connectivity index (χ3v) is 4.27. The second kappa shape index (κ2) is 7.95. The number of hydrogen-bond acceptors (Lipinski definition) is 5. The summed E-state index contributed by atoms with van der Waals surface area (Å²) in [4.78, 5) is 12.3. The summed E-state index contributed by atoms with van der Waals surface area (Å²) in [6.07, 6.45) is 1.65. The third kappa shape index (κ3) is 4.32. The van der Waals surface area contributed by atoms with Crippen molar-refractivity contribution >= 4 is 23.4 Å². The Morgan fingerprint density at radius 3 is 2.95 bits per heavy atom. The molecule has 1 aromatic carbocycles. The average molecular weight is 320 g/mol. The largest absolute Gasteiger partial charge is 0.383 e. The highest BCUT2D eigenvalue weighted by atomic mass is 32.2. The van der Waals surface area contributed by atoms with Crippen LogP contribution in [0.3, 0.4) is 0 Å². The molecule has 6 nitrogen and oxygen atoms in total. The van der Waals surface area contributed by atoms with Crippen LogP contribution in [0.4, 0.5) is 5.69 Å². The van der Waals surface area contributed by atoms with Gasteiger partial charge in [0.05, 0.1) is 11.9 Å². The molecule has 7 heteroatoms. The minimum atomic E-state index is -0.273. The number of nitrogens with one attached hydrogen (secondary N) is 1. The first-order valence-electron chi connectivity index (χ1n) is 7.01. The van der Waals surface area contributed by atoms with E-state index < -0.39 is 0 Å². The Kier molecular flexibility index (Phi) is 5.97. The number of aromatic nitrogens is 3. The van der Waals surface area contributed by atoms with E-state index in [2.05, 4.69) is 15.5 Å². The lowest BCUT2D eigenvalue weighted by molar-refractivity contribution is -0.115. The molecule has 2 aromatic rings. The Morgan fingerprint density at radius 2 is 2.23 bits per heavy atom. The summed E-state index contributed by atoms with van der Waals surface area (Å²) in [6, 6.07) is 7.71. The molecule has 2 rings (SSSR count). The van der Waals surface area contributed by atoms with Crippen LogP contribution < -0.4 is 5.32 Å². The van der Waals surface area contributed by atoms with E-state index in [4.69, 9.17) is 4.74 Å². The zero-order chi connectivity index (χ0) is 15.9. The molecule has 0 saturated carbocycles. The van der Waals surface area contributed by atoms with Gasteiger partial charge in [0.1, 0.15) is 6.33 Å². The Labute approximate surface area is 134 Å². The number of ether oxygens (including phenoxy) is 1. The van der Waals surface area contributed by atoms with Crippen molar-refractivity contribution in [2.75, 3.05) is 19.0 Å². The van der Waals surface area contributed by atoms with Gasteiger partial charge in [0.15, 0.2) is 5.16 Å². The van der Waals surface area contributed by atoms with Crippen molar-refractivity contribution in [2.45, 2.75) is 30.8 Å². The van der Waals surface area contributed by atoms with Crippen molar-refractivity contribution in [1.82, 2.24) is 14.8 Å². The van der Waals surface area contributed by atoms with Gasteiger partial charge in [-0.1, -0.05) is 30.0 Å². The molecule has 0 aliphatic heterocycles. The maximum absolute atomic E-state index is 12.3. The number of rotatable bonds is 7. The van der Waals surface area contributed by atoms with Gasteiger partial charge in [-0.25, -0.2) is 0 Å². The highest BCUT2D eigenvalue weighted by molar-refractivity contribution is 8.00. The van der Waals surface area contributed by atoms with Crippen molar-refractivity contribution in [3.63, 3.8) is 0 Å². The summed E-state index contributed by atoms with van der Waals surface area (Å²) in [5.41, 5.74) is 1.87. The number of benzene rings is 1. The van der Waals surface area contributed by atoms with Crippen molar-refractivity contribution in [3.8, 4) is 0 Å². The van der Waals surface area contributed by atoms with Crippen LogP contribution in [0.15, 0.2) is 35.7 Å². The summed E-state index contributed by atoms with van der Waals surface area (Å²) in [6.45, 7) is 5.07. The number of carbonyl (C=O) groups excluding carboxylic acids is 1. The standard InChI is InChI=1S/C15H20N4O2S/c1-11-6-4-5-7-13(11)17-14(20)12(2)22-15-18-16-10-19(15)8-9-21-3/h4-7,10,12H,8-9H2,1-3H3,(H,17,20). The van der Waals surface area contributed by atoms with Crippen molar-refractivity contribution in [1.29, 1.82) is 0 Å². The zero-order valence-corrected chi connectivity index (χ0v) is 13.8. The molecular weight excluding hydrogens is 300 g/mol. The van der Waals surface area contributed by atoms with Crippen LogP contribution in [0.25, 0.3) is 0 Å². The van der Waals surface area contributed by atoms with Crippen LogP contribution in [-0.2, 0) is 16.1 Å². The SMILES string of the molecule is COCCn1cnnc1SC(C)C(=O)Nc1ccccc1C. The van der Waals surface area contributed by atoms with E-state index in [1.54, 1.807) is 13.4 Å². The number of carbonyl (C=O) groups is 1. The van der Waals surface area contributed by atoms with Gasteiger partial charge in [0.2, 0.25) is 5.91 Å². The first kappa shape index (κ1) is 16.5. The Hall–Kier alpha value is -1.86. The molecule has 0 spiro atoms. The fraction of sp³-hybridized carbons (Fsp3) is 0.400. The minimum Gasteiger partial charge on any atom is -0.383 e. The molecule has 0 aliphatic carbocycles. The minimum absolute atomic E-state index is 0.0550. The summed E-state index contributed by atoms with van der Waals surface area (Å²) in [7, 11) is 1.65. The van der Waals surface area contributed by atoms with Gasteiger partial charge in [-0.2, -0.15) is 0 Å². The fourth-order valence-corrected chi connectivity index (χ4v) is 2.69. The van der Waals surface area contributed by atoms with E-state index in [0.717, 1.165) is 11.3 Å². The molecule has 0 fully saturated rings. The van der Waals surface area contributed by atoms with Crippen LogP contribution >= 0.6 is 11.8 Å². The molecule has 0 bridgehead atoms. The number of amides is 1. The van der Waals surface area contributed by atoms with Crippen LogP contribution in [0, 0.1) is 6.92 Å². The zero-order valence-electron chi connectivity index (χ0n) is 12.9. The van der Waals surface area contributed by atoms with Gasteiger partial charge >= 0.3 is 0 Å². The highest BCUT2D eigenvalue weighted by Crippen LogP contribution is 2.23. The van der Waals surface area contributed by atoms with Crippen molar-refractivity contribution in [2.24, 2.45) is 0 Å². The van der Waals surface area contributed by atoms with Gasteiger partial charge in [-0.05, 0) is 25.5 Å². The Morgan fingerprint density at radius 1 is 1.45 bits per heavy atom. The second-order valence-electron chi connectivity index (χ2n) is 4.86. The van der Waals surface area contributed by atoms with Crippen LogP contribution in [0.2, 0.25) is 0 Å². The fourth-order valence-electron chi connectivity index (χ4n) is 1.84. The van der Waals surface area contributed by atoms with E-state index in [-0.39, 0.29) is 11.2 Å². The molecule has 1 heterocycles. The lowest BCUT2D eigenvalue weighted by Gasteiger charge is -2.13. The van der Waals surface area contributed by atoms with Gasteiger partial charge in [-0.3, -0.25) is 4.79 Å². The molecule has 1 amide bonds. The molecule has 22 heavy (non-hydrogen) atoms. The quantitative estimate of drug-likeness (QED) is 0.793. The first-order valence-corrected chi connectivity index (χ1v) is 7.89. The molecule has 0 aliphatic rings. The van der Waals surface area contributed by atoms with Crippen molar-refractivity contribution in [3.05, 3.63) is 36.2 Å². The van der Waals surface area contributed by atoms with E-state index >= 15 is 0 Å². The van der Waals surface area contributed by atoms with Crippen molar-refractivity contribution < 1.29 is 9.53 Å². The molecule has 118 valence electrons. The smallest absolute Gasteiger partial charge is 0.237 e. The maximum Gasteiger partial charge on any atom is 0.237 e. The number of anilines is 1. The van der Waals surface area contributed by atoms with Crippen LogP contribution in [0.1, 0.15) is 12.5 Å². The number of nitrogens with zero attached hydrogens (tertiary/aromatic N) is 3. The van der Waals surface area contributed by atoms with E-state index in [0.29, 0.717) is 18.3 Å². The van der Waals surface area contributed by atoms with E-state index in [1.807, 2.05) is 42.7 Å². The molecule has 1 N–H and O–H groups in total. The first-order chi connectivity index (χ1) is 10.6. The van der Waals surface area contributed by atoms with Gasteiger partial charge in [0.25, 0.3) is 0 Å². The highest BCUT2D eigenvalue weighted by Gasteiger charge is 2.18. The Balaban J connectivity index is 1.97. The summed E-state index contributed by atoms with van der Waals surface area (Å²) in [5.74, 6) is -0.0550. The topological polar surface area (TPSA) is 69.0 Å². The number of hydrogen-bond donors (Lipinski definition) is 1.